The molecular weight excluding hydrogens is 526 g/mol. The molecule has 6 nitrogen and oxygen atoms in total. The molecule has 0 N–H and O–H groups in total. The number of hydrogen-bond donors (Lipinski definition) is 0. The highest BCUT2D eigenvalue weighted by atomic mass is 35.5. The monoisotopic (exact) mass is 567 g/mol. The van der Waals surface area contributed by atoms with Gasteiger partial charge in [-0.15, -0.1) is 21.5 Å². The van der Waals surface area contributed by atoms with E-state index in [1.165, 1.54) is 67.8 Å². The molecule has 2 unspecified atom stereocenters. The zero-order valence-electron chi connectivity index (χ0n) is 23.7. The Labute approximate surface area is 242 Å². The van der Waals surface area contributed by atoms with Gasteiger partial charge in [-0.2, -0.15) is 0 Å². The number of halogens is 1. The Kier molecular flexibility index (Phi) is 9.88. The first-order chi connectivity index (χ1) is 19.0. The zero-order valence-corrected chi connectivity index (χ0v) is 25.2. The van der Waals surface area contributed by atoms with Crippen LogP contribution in [0.4, 0.5) is 0 Å². The quantitative estimate of drug-likeness (QED) is 0.214. The van der Waals surface area contributed by atoms with E-state index >= 15 is 0 Å². The van der Waals surface area contributed by atoms with Crippen LogP contribution < -0.4 is 0 Å². The largest absolute Gasteiger partial charge is 0.373 e. The summed E-state index contributed by atoms with van der Waals surface area (Å²) < 4.78 is 8.03. The first-order valence-electron chi connectivity index (χ1n) is 14.7. The molecule has 0 spiro atoms. The van der Waals surface area contributed by atoms with Crippen LogP contribution in [0.1, 0.15) is 92.9 Å². The lowest BCUT2D eigenvalue weighted by Gasteiger charge is -2.35. The fourth-order valence-corrected chi connectivity index (χ4v) is 7.43. The molecular formula is C31H42ClN5OS. The fourth-order valence-electron chi connectivity index (χ4n) is 5.94. The number of rotatable bonds is 12. The number of ether oxygens (including phenoxy) is 1. The van der Waals surface area contributed by atoms with Gasteiger partial charge in [0.05, 0.1) is 17.9 Å². The average Bonchev–Trinajstić information content (AvgIpc) is 3.44. The van der Waals surface area contributed by atoms with E-state index < -0.39 is 0 Å². The van der Waals surface area contributed by atoms with Crippen LogP contribution in [0.3, 0.4) is 0 Å². The van der Waals surface area contributed by atoms with Crippen molar-refractivity contribution in [3.8, 4) is 5.00 Å². The highest BCUT2D eigenvalue weighted by molar-refractivity contribution is 7.15. The summed E-state index contributed by atoms with van der Waals surface area (Å²) in [6.45, 7) is 10.3. The summed E-state index contributed by atoms with van der Waals surface area (Å²) in [6.07, 6.45) is 12.4. The summed E-state index contributed by atoms with van der Waals surface area (Å²) in [5.74, 6) is 1.79. The van der Waals surface area contributed by atoms with Gasteiger partial charge in [0.2, 0.25) is 0 Å². The molecule has 0 radical (unpaired) electrons. The molecule has 2 aliphatic heterocycles. The van der Waals surface area contributed by atoms with Gasteiger partial charge in [0.1, 0.15) is 17.4 Å². The van der Waals surface area contributed by atoms with Crippen molar-refractivity contribution in [2.24, 2.45) is 4.99 Å². The van der Waals surface area contributed by atoms with Gasteiger partial charge in [0.25, 0.3) is 0 Å². The number of aliphatic imine (C=N–C) groups is 1. The molecule has 210 valence electrons. The van der Waals surface area contributed by atoms with Gasteiger partial charge in [-0.1, -0.05) is 68.3 Å². The zero-order chi connectivity index (χ0) is 27.2. The van der Waals surface area contributed by atoms with Crippen molar-refractivity contribution in [3.63, 3.8) is 0 Å². The minimum absolute atomic E-state index is 0.375. The number of benzene rings is 1. The second-order valence-corrected chi connectivity index (χ2v) is 12.7. The minimum Gasteiger partial charge on any atom is -0.373 e. The first-order valence-corrected chi connectivity index (χ1v) is 15.9. The Hall–Kier alpha value is -2.06. The van der Waals surface area contributed by atoms with E-state index in [0.717, 1.165) is 53.0 Å². The van der Waals surface area contributed by atoms with Gasteiger partial charge < -0.3 is 4.74 Å². The fraction of sp³-hybridized carbons (Fsp3) is 0.581. The number of hydrogen-bond acceptors (Lipinski definition) is 6. The van der Waals surface area contributed by atoms with Crippen molar-refractivity contribution in [3.05, 3.63) is 63.0 Å². The van der Waals surface area contributed by atoms with E-state index in [1.807, 2.05) is 36.5 Å². The molecule has 1 saturated heterocycles. The van der Waals surface area contributed by atoms with Gasteiger partial charge >= 0.3 is 0 Å². The summed E-state index contributed by atoms with van der Waals surface area (Å²) in [6, 6.07) is 10.3. The molecule has 0 aliphatic carbocycles. The topological polar surface area (TPSA) is 55.5 Å². The maximum atomic E-state index is 6.60. The van der Waals surface area contributed by atoms with Crippen molar-refractivity contribution in [2.45, 2.75) is 97.3 Å². The van der Waals surface area contributed by atoms with Gasteiger partial charge in [-0.05, 0) is 58.7 Å². The van der Waals surface area contributed by atoms with Crippen LogP contribution in [0.5, 0.6) is 0 Å². The normalized spacial score (nSPS) is 19.4. The van der Waals surface area contributed by atoms with Crippen LogP contribution in [0.25, 0.3) is 5.00 Å². The number of unbranched alkanes of at least 4 members (excludes halogenated alkanes) is 7. The summed E-state index contributed by atoms with van der Waals surface area (Å²) in [4.78, 5) is 8.93. The standard InChI is InChI=1S/C31H42ClN5OS/c1-22-20-36(21-23(2)38-22)17-13-9-7-5-4-6-8-10-14-25-18-27-30(26-15-11-12-16-28(26)32)33-19-29-35-34-24(3)37(29)31(27)39-25/h11-12,15-16,18,22-23H,4-10,13-14,17,19-21H2,1-3H3. The SMILES string of the molecule is Cc1nnc2n1-c1sc(CCCCCCCCCCN3CC(C)OC(C)C3)cc1C(c1ccccc1Cl)=NC2. The van der Waals surface area contributed by atoms with E-state index in [0.29, 0.717) is 18.8 Å². The second kappa shape index (κ2) is 13.5. The predicted molar refractivity (Wildman–Crippen MR) is 162 cm³/mol. The summed E-state index contributed by atoms with van der Waals surface area (Å²) in [5, 5.41) is 10.6. The molecule has 39 heavy (non-hydrogen) atoms. The smallest absolute Gasteiger partial charge is 0.160 e. The summed E-state index contributed by atoms with van der Waals surface area (Å²) in [7, 11) is 0. The molecule has 0 amide bonds. The summed E-state index contributed by atoms with van der Waals surface area (Å²) in [5.41, 5.74) is 3.08. The Morgan fingerprint density at radius 3 is 2.36 bits per heavy atom. The number of aryl methyl sites for hydroxylation is 2. The van der Waals surface area contributed by atoms with Crippen molar-refractivity contribution in [1.29, 1.82) is 0 Å². The lowest BCUT2D eigenvalue weighted by Crippen LogP contribution is -2.45. The number of aromatic nitrogens is 3. The number of morpholine rings is 1. The third kappa shape index (κ3) is 7.18. The van der Waals surface area contributed by atoms with Crippen molar-refractivity contribution in [1.82, 2.24) is 19.7 Å². The van der Waals surface area contributed by atoms with Crippen LogP contribution >= 0.6 is 22.9 Å². The number of nitrogens with zero attached hydrogens (tertiary/aromatic N) is 5. The summed E-state index contributed by atoms with van der Waals surface area (Å²) >= 11 is 8.45. The Bertz CT molecular complexity index is 1260. The molecule has 4 heterocycles. The van der Waals surface area contributed by atoms with Gasteiger partial charge in [0.15, 0.2) is 5.82 Å². The van der Waals surface area contributed by atoms with E-state index in [9.17, 15) is 0 Å². The van der Waals surface area contributed by atoms with Crippen molar-refractivity contribution >= 4 is 28.6 Å². The molecule has 8 heteroatoms. The third-order valence-electron chi connectivity index (χ3n) is 7.76. The Balaban J connectivity index is 1.08. The molecule has 1 aromatic carbocycles. The molecule has 2 aliphatic rings. The van der Waals surface area contributed by atoms with Crippen LogP contribution in [0, 0.1) is 6.92 Å². The number of fused-ring (bicyclic) bond motifs is 3. The highest BCUT2D eigenvalue weighted by Gasteiger charge is 2.25. The van der Waals surface area contributed by atoms with Crippen LogP contribution in [-0.2, 0) is 17.7 Å². The van der Waals surface area contributed by atoms with Crippen LogP contribution in [-0.4, -0.2) is 57.2 Å². The molecule has 2 aromatic heterocycles. The van der Waals surface area contributed by atoms with Crippen LogP contribution in [0.15, 0.2) is 35.3 Å². The first kappa shape index (κ1) is 28.5. The highest BCUT2D eigenvalue weighted by Crippen LogP contribution is 2.35. The van der Waals surface area contributed by atoms with Crippen molar-refractivity contribution in [2.75, 3.05) is 19.6 Å². The lowest BCUT2D eigenvalue weighted by atomic mass is 10.0. The van der Waals surface area contributed by atoms with Gasteiger partial charge in [0, 0.05) is 34.1 Å². The Morgan fingerprint density at radius 2 is 1.62 bits per heavy atom. The third-order valence-corrected chi connectivity index (χ3v) is 9.27. The average molecular weight is 568 g/mol. The maximum absolute atomic E-state index is 6.60. The minimum atomic E-state index is 0.375. The van der Waals surface area contributed by atoms with E-state index in [4.69, 9.17) is 21.3 Å². The van der Waals surface area contributed by atoms with E-state index in [-0.39, 0.29) is 0 Å². The lowest BCUT2D eigenvalue weighted by molar-refractivity contribution is -0.0681. The predicted octanol–water partition coefficient (Wildman–Crippen LogP) is 7.41. The van der Waals surface area contributed by atoms with Crippen LogP contribution in [0.2, 0.25) is 5.02 Å². The van der Waals surface area contributed by atoms with E-state index in [2.05, 4.69) is 45.6 Å². The molecule has 0 bridgehead atoms. The molecule has 5 rings (SSSR count). The van der Waals surface area contributed by atoms with Gasteiger partial charge in [-0.25, -0.2) is 0 Å². The molecule has 1 fully saturated rings. The molecule has 2 atom stereocenters. The van der Waals surface area contributed by atoms with Gasteiger partial charge in [-0.3, -0.25) is 14.5 Å². The molecule has 3 aromatic rings. The van der Waals surface area contributed by atoms with E-state index in [1.54, 1.807) is 0 Å². The number of thiophene rings is 1. The maximum Gasteiger partial charge on any atom is 0.160 e. The second-order valence-electron chi connectivity index (χ2n) is 11.2. The van der Waals surface area contributed by atoms with Crippen molar-refractivity contribution < 1.29 is 4.74 Å². The Morgan fingerprint density at radius 1 is 0.923 bits per heavy atom. The molecule has 0 saturated carbocycles.